The van der Waals surface area contributed by atoms with Crippen molar-refractivity contribution in [1.82, 2.24) is 20.0 Å². The van der Waals surface area contributed by atoms with E-state index in [4.69, 9.17) is 4.74 Å². The standard InChI is InChI=1S/C35H38N4O4/c1-3-38-30-23-39(29(21-25-11-6-4-7-12-25)33(40)37-19-17-24(2)18-20-37)34(41)31(30)32(36-35(38)42)26-13-10-16-28(22-26)43-27-14-8-5-9-15-27/h4-16,22,24,29,32H,3,17-21,23H2,1-2H3,(H,36,42)/t29-,32+/m0/s1. The number of nitrogens with zero attached hydrogens (tertiary/aromatic N) is 3. The predicted molar refractivity (Wildman–Crippen MR) is 164 cm³/mol. The van der Waals surface area contributed by atoms with Crippen LogP contribution in [-0.2, 0) is 16.0 Å². The monoisotopic (exact) mass is 578 g/mol. The number of likely N-dealkylation sites (tertiary alicyclic amines) is 1. The van der Waals surface area contributed by atoms with Crippen LogP contribution in [0.15, 0.2) is 96.2 Å². The number of likely N-dealkylation sites (N-methyl/N-ethyl adjacent to an activating group) is 1. The van der Waals surface area contributed by atoms with Crippen molar-refractivity contribution in [3.63, 3.8) is 0 Å². The van der Waals surface area contributed by atoms with Crippen molar-refractivity contribution < 1.29 is 19.1 Å². The minimum Gasteiger partial charge on any atom is -0.457 e. The highest BCUT2D eigenvalue weighted by atomic mass is 16.5. The van der Waals surface area contributed by atoms with Crippen LogP contribution in [0, 0.1) is 5.92 Å². The summed E-state index contributed by atoms with van der Waals surface area (Å²) in [6.45, 7) is 6.12. The van der Waals surface area contributed by atoms with Crippen LogP contribution in [0.5, 0.6) is 11.5 Å². The second kappa shape index (κ2) is 12.3. The lowest BCUT2D eigenvalue weighted by Gasteiger charge is -2.36. The van der Waals surface area contributed by atoms with Crippen LogP contribution in [0.4, 0.5) is 4.79 Å². The first-order valence-electron chi connectivity index (χ1n) is 15.2. The lowest BCUT2D eigenvalue weighted by atomic mass is 9.95. The Morgan fingerprint density at radius 1 is 0.930 bits per heavy atom. The molecule has 0 aromatic heterocycles. The van der Waals surface area contributed by atoms with Crippen LogP contribution in [-0.4, -0.2) is 64.8 Å². The molecule has 1 saturated heterocycles. The molecule has 0 bridgehead atoms. The highest BCUT2D eigenvalue weighted by molar-refractivity contribution is 6.03. The summed E-state index contributed by atoms with van der Waals surface area (Å²) in [4.78, 5) is 47.2. The lowest BCUT2D eigenvalue weighted by Crippen LogP contribution is -2.52. The number of nitrogens with one attached hydrogen (secondary N) is 1. The van der Waals surface area contributed by atoms with Crippen molar-refractivity contribution in [3.05, 3.63) is 107 Å². The number of benzene rings is 3. The summed E-state index contributed by atoms with van der Waals surface area (Å²) in [6.07, 6.45) is 2.33. The van der Waals surface area contributed by atoms with E-state index < -0.39 is 12.1 Å². The fourth-order valence-electron chi connectivity index (χ4n) is 6.34. The molecule has 222 valence electrons. The molecular formula is C35H38N4O4. The fraction of sp³-hybridized carbons (Fsp3) is 0.343. The minimum absolute atomic E-state index is 0.0268. The van der Waals surface area contributed by atoms with E-state index in [-0.39, 0.29) is 24.4 Å². The Bertz CT molecular complexity index is 1520. The third-order valence-electron chi connectivity index (χ3n) is 8.76. The highest BCUT2D eigenvalue weighted by Gasteiger charge is 2.47. The molecule has 1 N–H and O–H groups in total. The summed E-state index contributed by atoms with van der Waals surface area (Å²) in [6, 6.07) is 25.2. The van der Waals surface area contributed by atoms with Crippen molar-refractivity contribution in [2.45, 2.75) is 45.2 Å². The van der Waals surface area contributed by atoms with E-state index in [0.717, 1.165) is 24.0 Å². The smallest absolute Gasteiger partial charge is 0.322 e. The van der Waals surface area contributed by atoms with Crippen LogP contribution >= 0.6 is 0 Å². The molecule has 3 aliphatic rings. The number of urea groups is 1. The van der Waals surface area contributed by atoms with Gasteiger partial charge in [0.25, 0.3) is 5.91 Å². The molecule has 3 heterocycles. The van der Waals surface area contributed by atoms with Crippen molar-refractivity contribution in [3.8, 4) is 11.5 Å². The van der Waals surface area contributed by atoms with E-state index >= 15 is 0 Å². The maximum absolute atomic E-state index is 14.4. The number of piperidine rings is 1. The summed E-state index contributed by atoms with van der Waals surface area (Å²) >= 11 is 0. The number of hydrogen-bond donors (Lipinski definition) is 1. The average Bonchev–Trinajstić information content (AvgIpc) is 3.37. The van der Waals surface area contributed by atoms with E-state index in [2.05, 4.69) is 12.2 Å². The molecule has 8 heteroatoms. The zero-order valence-electron chi connectivity index (χ0n) is 24.7. The molecule has 43 heavy (non-hydrogen) atoms. The van der Waals surface area contributed by atoms with Gasteiger partial charge in [-0.2, -0.15) is 0 Å². The first kappa shape index (κ1) is 28.5. The molecule has 8 nitrogen and oxygen atoms in total. The second-order valence-electron chi connectivity index (χ2n) is 11.6. The molecular weight excluding hydrogens is 540 g/mol. The van der Waals surface area contributed by atoms with Crippen LogP contribution < -0.4 is 10.1 Å². The molecule has 2 atom stereocenters. The van der Waals surface area contributed by atoms with Crippen LogP contribution in [0.1, 0.15) is 43.9 Å². The van der Waals surface area contributed by atoms with Gasteiger partial charge in [0.15, 0.2) is 0 Å². The zero-order valence-corrected chi connectivity index (χ0v) is 24.7. The molecule has 3 aromatic carbocycles. The van der Waals surface area contributed by atoms with Crippen molar-refractivity contribution in [2.24, 2.45) is 5.92 Å². The predicted octanol–water partition coefficient (Wildman–Crippen LogP) is 5.53. The summed E-state index contributed by atoms with van der Waals surface area (Å²) in [7, 11) is 0. The number of hydrogen-bond acceptors (Lipinski definition) is 4. The third kappa shape index (κ3) is 5.87. The normalized spacial score (nSPS) is 19.8. The second-order valence-corrected chi connectivity index (χ2v) is 11.6. The first-order valence-corrected chi connectivity index (χ1v) is 15.2. The van der Waals surface area contributed by atoms with Crippen LogP contribution in [0.2, 0.25) is 0 Å². The van der Waals surface area contributed by atoms with Crippen LogP contribution in [0.3, 0.4) is 0 Å². The summed E-state index contributed by atoms with van der Waals surface area (Å²) in [5.74, 6) is 1.64. The summed E-state index contributed by atoms with van der Waals surface area (Å²) in [5.41, 5.74) is 2.91. The van der Waals surface area contributed by atoms with Gasteiger partial charge in [0.2, 0.25) is 5.91 Å². The van der Waals surface area contributed by atoms with Crippen molar-refractivity contribution in [2.75, 3.05) is 26.2 Å². The van der Waals surface area contributed by atoms with Gasteiger partial charge in [-0.25, -0.2) is 4.79 Å². The van der Waals surface area contributed by atoms with Gasteiger partial charge in [-0.1, -0.05) is 67.6 Å². The Kier molecular flexibility index (Phi) is 8.18. The van der Waals surface area contributed by atoms with Gasteiger partial charge in [-0.15, -0.1) is 0 Å². The first-order chi connectivity index (χ1) is 20.9. The molecule has 1 fully saturated rings. The van der Waals surface area contributed by atoms with E-state index in [9.17, 15) is 14.4 Å². The van der Waals surface area contributed by atoms with Gasteiger partial charge in [-0.05, 0) is 61.1 Å². The maximum atomic E-state index is 14.4. The quantitative estimate of drug-likeness (QED) is 0.381. The fourth-order valence-corrected chi connectivity index (χ4v) is 6.34. The molecule has 3 aliphatic heterocycles. The Labute approximate surface area is 252 Å². The zero-order chi connectivity index (χ0) is 29.9. The van der Waals surface area contributed by atoms with Gasteiger partial charge in [0.05, 0.1) is 23.9 Å². The summed E-state index contributed by atoms with van der Waals surface area (Å²) in [5, 5.41) is 3.06. The largest absolute Gasteiger partial charge is 0.457 e. The van der Waals surface area contributed by atoms with E-state index in [1.54, 1.807) is 9.80 Å². The van der Waals surface area contributed by atoms with E-state index in [1.807, 2.05) is 96.8 Å². The lowest BCUT2D eigenvalue weighted by molar-refractivity contribution is -0.144. The van der Waals surface area contributed by atoms with Gasteiger partial charge in [0.1, 0.15) is 17.5 Å². The Balaban J connectivity index is 1.33. The topological polar surface area (TPSA) is 82.2 Å². The van der Waals surface area contributed by atoms with Crippen LogP contribution in [0.25, 0.3) is 0 Å². The number of carbonyl (C=O) groups excluding carboxylic acids is 3. The number of rotatable bonds is 8. The van der Waals surface area contributed by atoms with Crippen molar-refractivity contribution >= 4 is 17.8 Å². The van der Waals surface area contributed by atoms with Gasteiger partial charge in [-0.3, -0.25) is 14.5 Å². The Morgan fingerprint density at radius 2 is 1.60 bits per heavy atom. The van der Waals surface area contributed by atoms with E-state index in [1.165, 1.54) is 0 Å². The maximum Gasteiger partial charge on any atom is 0.322 e. The third-order valence-corrected chi connectivity index (χ3v) is 8.76. The molecule has 3 aromatic rings. The minimum atomic E-state index is -0.670. The number of ether oxygens (including phenoxy) is 1. The molecule has 0 saturated carbocycles. The molecule has 0 aliphatic carbocycles. The SMILES string of the molecule is CCN1C(=O)N[C@H](c2cccc(Oc3ccccc3)c2)C2=C1CN([C@@H](Cc1ccccc1)C(=O)N1CCC(C)CC1)C2=O. The molecule has 4 amide bonds. The number of carbonyl (C=O) groups is 3. The van der Waals surface area contributed by atoms with E-state index in [0.29, 0.717) is 54.7 Å². The van der Waals surface area contributed by atoms with Gasteiger partial charge >= 0.3 is 6.03 Å². The Hall–Kier alpha value is -4.59. The van der Waals surface area contributed by atoms with Crippen molar-refractivity contribution in [1.29, 1.82) is 0 Å². The summed E-state index contributed by atoms with van der Waals surface area (Å²) < 4.78 is 6.06. The highest BCUT2D eigenvalue weighted by Crippen LogP contribution is 2.39. The molecule has 0 radical (unpaired) electrons. The van der Waals surface area contributed by atoms with Gasteiger partial charge in [0, 0.05) is 26.1 Å². The number of para-hydroxylation sites is 1. The van der Waals surface area contributed by atoms with Gasteiger partial charge < -0.3 is 19.9 Å². The Morgan fingerprint density at radius 3 is 2.30 bits per heavy atom. The average molecular weight is 579 g/mol. The number of amides is 4. The molecule has 0 unspecified atom stereocenters. The molecule has 0 spiro atoms. The molecule has 6 rings (SSSR count).